The zero-order chi connectivity index (χ0) is 19.4. The maximum absolute atomic E-state index is 14.6. The average Bonchev–Trinajstić information content (AvgIpc) is 2.68. The fourth-order valence-electron chi connectivity index (χ4n) is 3.51. The first kappa shape index (κ1) is 22.1. The van der Waals surface area contributed by atoms with Crippen molar-refractivity contribution in [2.24, 2.45) is 5.92 Å². The van der Waals surface area contributed by atoms with Crippen molar-refractivity contribution in [3.63, 3.8) is 0 Å². The molecule has 152 valence electrons. The summed E-state index contributed by atoms with van der Waals surface area (Å²) in [6.45, 7) is 2.18. The molecule has 2 aromatic rings. The number of methoxy groups -OCH3 is 1. The van der Waals surface area contributed by atoms with E-state index in [0.717, 1.165) is 19.4 Å². The van der Waals surface area contributed by atoms with Gasteiger partial charge < -0.3 is 15.0 Å². The standard InChI is InChI=1S/C21H24F2N2O2.ClH/c1-24-13-14-7-9-25(10-8-14)21(26)18-5-3-15(11-19(18)22)17-6-4-16(27-2)12-20(17)23;/h3-6,11-12,14,24H,7-10,13H2,1-2H3;1H. The molecule has 1 N–H and O–H groups in total. The molecule has 7 heteroatoms. The molecule has 0 saturated carbocycles. The van der Waals surface area contributed by atoms with Crippen molar-refractivity contribution in [2.45, 2.75) is 12.8 Å². The Morgan fingerprint density at radius 2 is 1.86 bits per heavy atom. The molecular weight excluding hydrogens is 386 g/mol. The predicted octanol–water partition coefficient (Wildman–Crippen LogP) is 4.13. The minimum absolute atomic E-state index is 0. The maximum atomic E-state index is 14.6. The fraction of sp³-hybridized carbons (Fsp3) is 0.381. The summed E-state index contributed by atoms with van der Waals surface area (Å²) in [4.78, 5) is 14.4. The number of carbonyl (C=O) groups excluding carboxylic acids is 1. The number of nitrogens with one attached hydrogen (secondary N) is 1. The molecule has 4 nitrogen and oxygen atoms in total. The lowest BCUT2D eigenvalue weighted by atomic mass is 9.96. The van der Waals surface area contributed by atoms with Gasteiger partial charge in [-0.25, -0.2) is 8.78 Å². The molecule has 0 bridgehead atoms. The molecule has 1 fully saturated rings. The van der Waals surface area contributed by atoms with Crippen LogP contribution in [0.3, 0.4) is 0 Å². The van der Waals surface area contributed by atoms with Gasteiger partial charge in [0.25, 0.3) is 5.91 Å². The van der Waals surface area contributed by atoms with Gasteiger partial charge in [-0.1, -0.05) is 6.07 Å². The van der Waals surface area contributed by atoms with Crippen molar-refractivity contribution in [3.8, 4) is 16.9 Å². The lowest BCUT2D eigenvalue weighted by molar-refractivity contribution is 0.0686. The number of hydrogen-bond acceptors (Lipinski definition) is 3. The Balaban J connectivity index is 0.00000280. The summed E-state index contributed by atoms with van der Waals surface area (Å²) in [5.74, 6) is -0.504. The summed E-state index contributed by atoms with van der Waals surface area (Å²) in [6, 6.07) is 8.64. The molecule has 3 rings (SSSR count). The molecule has 0 aromatic heterocycles. The summed E-state index contributed by atoms with van der Waals surface area (Å²) in [5, 5.41) is 3.15. The van der Waals surface area contributed by atoms with E-state index < -0.39 is 11.6 Å². The Bertz CT molecular complexity index is 824. The molecule has 1 aliphatic rings. The van der Waals surface area contributed by atoms with Crippen molar-refractivity contribution in [1.29, 1.82) is 0 Å². The van der Waals surface area contributed by atoms with Crippen LogP contribution < -0.4 is 10.1 Å². The van der Waals surface area contributed by atoms with Gasteiger partial charge in [0.15, 0.2) is 0 Å². The average molecular weight is 411 g/mol. The van der Waals surface area contributed by atoms with Crippen molar-refractivity contribution in [2.75, 3.05) is 33.8 Å². The zero-order valence-corrected chi connectivity index (χ0v) is 16.8. The molecule has 2 aromatic carbocycles. The van der Waals surface area contributed by atoms with Crippen molar-refractivity contribution in [3.05, 3.63) is 53.6 Å². The van der Waals surface area contributed by atoms with Crippen LogP contribution >= 0.6 is 12.4 Å². The highest BCUT2D eigenvalue weighted by Gasteiger charge is 2.25. The molecule has 1 heterocycles. The van der Waals surface area contributed by atoms with Crippen molar-refractivity contribution < 1.29 is 18.3 Å². The minimum atomic E-state index is -0.634. The number of piperidine rings is 1. The molecule has 28 heavy (non-hydrogen) atoms. The van der Waals surface area contributed by atoms with Crippen LogP contribution in [0.2, 0.25) is 0 Å². The van der Waals surface area contributed by atoms with E-state index in [-0.39, 0.29) is 29.4 Å². The van der Waals surface area contributed by atoms with Crippen LogP contribution in [0.25, 0.3) is 11.1 Å². The number of rotatable bonds is 5. The highest BCUT2D eigenvalue weighted by atomic mass is 35.5. The lowest BCUT2D eigenvalue weighted by Gasteiger charge is -2.32. The molecular formula is C21H25ClF2N2O2. The Labute approximate surface area is 170 Å². The van der Waals surface area contributed by atoms with Gasteiger partial charge in [-0.15, -0.1) is 12.4 Å². The Kier molecular flexibility index (Phi) is 7.78. The van der Waals surface area contributed by atoms with Crippen LogP contribution in [-0.2, 0) is 0 Å². The van der Waals surface area contributed by atoms with E-state index in [4.69, 9.17) is 4.74 Å². The van der Waals surface area contributed by atoms with Crippen LogP contribution in [0.5, 0.6) is 5.75 Å². The highest BCUT2D eigenvalue weighted by molar-refractivity contribution is 5.95. The van der Waals surface area contributed by atoms with E-state index in [1.807, 2.05) is 7.05 Å². The lowest BCUT2D eigenvalue weighted by Crippen LogP contribution is -2.40. The molecule has 1 amide bonds. The molecule has 0 atom stereocenters. The molecule has 0 unspecified atom stereocenters. The summed E-state index contributed by atoms with van der Waals surface area (Å²) >= 11 is 0. The first-order valence-electron chi connectivity index (χ1n) is 9.10. The number of amides is 1. The predicted molar refractivity (Wildman–Crippen MR) is 108 cm³/mol. The fourth-order valence-corrected chi connectivity index (χ4v) is 3.51. The van der Waals surface area contributed by atoms with E-state index in [9.17, 15) is 13.6 Å². The summed E-state index contributed by atoms with van der Waals surface area (Å²) in [6.07, 6.45) is 1.81. The van der Waals surface area contributed by atoms with E-state index in [1.165, 1.54) is 31.4 Å². The van der Waals surface area contributed by atoms with Gasteiger partial charge >= 0.3 is 0 Å². The van der Waals surface area contributed by atoms with E-state index >= 15 is 0 Å². The maximum Gasteiger partial charge on any atom is 0.256 e. The molecule has 1 saturated heterocycles. The largest absolute Gasteiger partial charge is 0.497 e. The Hall–Kier alpha value is -2.18. The van der Waals surface area contributed by atoms with Gasteiger partial charge in [0.1, 0.15) is 17.4 Å². The summed E-state index contributed by atoms with van der Waals surface area (Å²) in [7, 11) is 3.37. The number of carbonyl (C=O) groups is 1. The molecule has 0 spiro atoms. The zero-order valence-electron chi connectivity index (χ0n) is 16.0. The van der Waals surface area contributed by atoms with Crippen LogP contribution in [0.4, 0.5) is 8.78 Å². The van der Waals surface area contributed by atoms with Crippen molar-refractivity contribution >= 4 is 18.3 Å². The second kappa shape index (κ2) is 9.85. The van der Waals surface area contributed by atoms with E-state index in [2.05, 4.69) is 5.32 Å². The number of ether oxygens (including phenoxy) is 1. The SMILES string of the molecule is CNCC1CCN(C(=O)c2ccc(-c3ccc(OC)cc3F)cc2F)CC1.Cl. The third-order valence-corrected chi connectivity index (χ3v) is 5.08. The molecule has 0 aliphatic carbocycles. The van der Waals surface area contributed by atoms with E-state index in [0.29, 0.717) is 30.3 Å². The van der Waals surface area contributed by atoms with Gasteiger partial charge in [-0.05, 0) is 62.2 Å². The van der Waals surface area contributed by atoms with Crippen LogP contribution in [0, 0.1) is 17.6 Å². The normalized spacial score (nSPS) is 14.5. The van der Waals surface area contributed by atoms with Crippen LogP contribution in [0.15, 0.2) is 36.4 Å². The third kappa shape index (κ3) is 4.80. The first-order valence-corrected chi connectivity index (χ1v) is 9.10. The first-order chi connectivity index (χ1) is 13.0. The van der Waals surface area contributed by atoms with Crippen LogP contribution in [-0.4, -0.2) is 44.6 Å². The van der Waals surface area contributed by atoms with Crippen LogP contribution in [0.1, 0.15) is 23.2 Å². The summed E-state index contributed by atoms with van der Waals surface area (Å²) < 4.78 is 33.8. The minimum Gasteiger partial charge on any atom is -0.497 e. The van der Waals surface area contributed by atoms with Gasteiger partial charge in [0.05, 0.1) is 12.7 Å². The van der Waals surface area contributed by atoms with Gasteiger partial charge in [-0.2, -0.15) is 0 Å². The second-order valence-corrected chi connectivity index (χ2v) is 6.83. The molecule has 1 aliphatic heterocycles. The smallest absolute Gasteiger partial charge is 0.256 e. The number of nitrogens with zero attached hydrogens (tertiary/aromatic N) is 1. The van der Waals surface area contributed by atoms with Crippen molar-refractivity contribution in [1.82, 2.24) is 10.2 Å². The molecule has 0 radical (unpaired) electrons. The highest BCUT2D eigenvalue weighted by Crippen LogP contribution is 2.28. The third-order valence-electron chi connectivity index (χ3n) is 5.08. The van der Waals surface area contributed by atoms with Gasteiger partial charge in [0, 0.05) is 24.7 Å². The van der Waals surface area contributed by atoms with Gasteiger partial charge in [0.2, 0.25) is 0 Å². The number of hydrogen-bond donors (Lipinski definition) is 1. The van der Waals surface area contributed by atoms with Gasteiger partial charge in [-0.3, -0.25) is 4.79 Å². The quantitative estimate of drug-likeness (QED) is 0.805. The Morgan fingerprint density at radius 3 is 2.43 bits per heavy atom. The monoisotopic (exact) mass is 410 g/mol. The van der Waals surface area contributed by atoms with E-state index in [1.54, 1.807) is 17.0 Å². The summed E-state index contributed by atoms with van der Waals surface area (Å²) in [5.41, 5.74) is 0.679. The number of halogens is 3. The topological polar surface area (TPSA) is 41.6 Å². The second-order valence-electron chi connectivity index (χ2n) is 6.83. The Morgan fingerprint density at radius 1 is 1.14 bits per heavy atom. The number of benzene rings is 2. The number of likely N-dealkylation sites (tertiary alicyclic amines) is 1.